The first-order valence-electron chi connectivity index (χ1n) is 10.8. The molecule has 182 valence electrons. The minimum atomic E-state index is -0.418. The Labute approximate surface area is 203 Å². The molecule has 8 nitrogen and oxygen atoms in total. The van der Waals surface area contributed by atoms with Crippen LogP contribution < -0.4 is 21.6 Å². The molecule has 0 spiro atoms. The van der Waals surface area contributed by atoms with E-state index in [4.69, 9.17) is 16.3 Å². The largest absolute Gasteiger partial charge is 0.494 e. The highest BCUT2D eigenvalue weighted by Gasteiger charge is 2.23. The smallest absolute Gasteiger partial charge is 0.207 e. The van der Waals surface area contributed by atoms with Gasteiger partial charge in [-0.15, -0.1) is 11.8 Å². The van der Waals surface area contributed by atoms with Gasteiger partial charge in [-0.2, -0.15) is 0 Å². The highest BCUT2D eigenvalue weighted by atomic mass is 32.2. The number of pyridine rings is 1. The number of aromatic nitrogens is 2. The summed E-state index contributed by atoms with van der Waals surface area (Å²) in [6, 6.07) is 7.59. The van der Waals surface area contributed by atoms with E-state index in [2.05, 4.69) is 33.0 Å². The van der Waals surface area contributed by atoms with Crippen molar-refractivity contribution in [2.75, 3.05) is 13.4 Å². The van der Waals surface area contributed by atoms with Gasteiger partial charge >= 0.3 is 0 Å². The van der Waals surface area contributed by atoms with Crippen LogP contribution in [0.1, 0.15) is 42.5 Å². The van der Waals surface area contributed by atoms with Crippen LogP contribution in [0.25, 0.3) is 5.65 Å². The number of amides is 1. The number of benzene rings is 1. The predicted molar refractivity (Wildman–Crippen MR) is 132 cm³/mol. The van der Waals surface area contributed by atoms with Crippen LogP contribution in [-0.2, 0) is 17.9 Å². The quantitative estimate of drug-likeness (QED) is 0.184. The number of halogens is 1. The SMILES string of the molecule is C/C(N)=C/N(N)Cc1cn2cc(C3CC3)ccc2n1.COc1ccc(SC)c(CNC=O)c1F. The lowest BCUT2D eigenvalue weighted by molar-refractivity contribution is -0.109. The van der Waals surface area contributed by atoms with Crippen molar-refractivity contribution >= 4 is 23.8 Å². The number of thioether (sulfide) groups is 1. The second kappa shape index (κ2) is 11.8. The van der Waals surface area contributed by atoms with Gasteiger partial charge in [-0.3, -0.25) is 4.79 Å². The first kappa shape index (κ1) is 25.4. The van der Waals surface area contributed by atoms with Crippen molar-refractivity contribution in [2.24, 2.45) is 11.6 Å². The summed E-state index contributed by atoms with van der Waals surface area (Å²) >= 11 is 1.43. The number of hydrogen-bond donors (Lipinski definition) is 3. The van der Waals surface area contributed by atoms with Crippen molar-refractivity contribution in [1.29, 1.82) is 0 Å². The zero-order valence-corrected chi connectivity index (χ0v) is 20.4. The number of methoxy groups -OCH3 is 1. The molecule has 0 atom stereocenters. The number of allylic oxidation sites excluding steroid dienone is 1. The number of imidazole rings is 1. The highest BCUT2D eigenvalue weighted by Crippen LogP contribution is 2.39. The molecule has 2 aromatic heterocycles. The first-order chi connectivity index (χ1) is 16.4. The Morgan fingerprint density at radius 2 is 2.12 bits per heavy atom. The van der Waals surface area contributed by atoms with Crippen molar-refractivity contribution in [3.63, 3.8) is 0 Å². The molecule has 1 aromatic carbocycles. The number of hydrazine groups is 1. The number of hydrogen-bond acceptors (Lipinski definition) is 7. The second-order valence-corrected chi connectivity index (χ2v) is 8.89. The van der Waals surface area contributed by atoms with E-state index in [1.807, 2.05) is 19.4 Å². The average Bonchev–Trinajstić information content (AvgIpc) is 3.58. The minimum absolute atomic E-state index is 0.169. The van der Waals surface area contributed by atoms with Crippen LogP contribution in [0, 0.1) is 5.82 Å². The second-order valence-electron chi connectivity index (χ2n) is 8.04. The molecule has 0 saturated heterocycles. The average molecular weight is 487 g/mol. The standard InChI is InChI=1S/C14H19N5.C10H12FNO2S/c1-10(15)6-19(16)9-13-8-18-7-12(11-2-3-11)4-5-14(18)17-13;1-14-8-3-4-9(15-2)7(10(8)11)5-12-6-13/h4-8,11H,2-3,9,15-16H2,1H3;3-4,6H,5H2,1-2H3,(H,12,13)/b10-6-;. The molecule has 2 heterocycles. The van der Waals surface area contributed by atoms with E-state index in [0.29, 0.717) is 24.2 Å². The summed E-state index contributed by atoms with van der Waals surface area (Å²) in [5.41, 5.74) is 10.0. The Morgan fingerprint density at radius 3 is 2.74 bits per heavy atom. The van der Waals surface area contributed by atoms with Crippen molar-refractivity contribution in [2.45, 2.75) is 43.7 Å². The predicted octanol–water partition coefficient (Wildman–Crippen LogP) is 3.51. The molecule has 3 aromatic rings. The molecule has 0 unspecified atom stereocenters. The van der Waals surface area contributed by atoms with Gasteiger partial charge in [0.25, 0.3) is 0 Å². The van der Waals surface area contributed by atoms with E-state index in [1.54, 1.807) is 23.3 Å². The number of nitrogens with one attached hydrogen (secondary N) is 1. The van der Waals surface area contributed by atoms with Crippen LogP contribution in [0.3, 0.4) is 0 Å². The number of nitrogens with zero attached hydrogens (tertiary/aromatic N) is 3. The van der Waals surface area contributed by atoms with Crippen molar-refractivity contribution in [1.82, 2.24) is 19.7 Å². The molecule has 34 heavy (non-hydrogen) atoms. The summed E-state index contributed by atoms with van der Waals surface area (Å²) < 4.78 is 20.7. The molecule has 0 aliphatic heterocycles. The first-order valence-corrected chi connectivity index (χ1v) is 12.1. The summed E-state index contributed by atoms with van der Waals surface area (Å²) in [6.07, 6.45) is 10.9. The van der Waals surface area contributed by atoms with E-state index >= 15 is 0 Å². The third kappa shape index (κ3) is 6.64. The highest BCUT2D eigenvalue weighted by molar-refractivity contribution is 7.98. The summed E-state index contributed by atoms with van der Waals surface area (Å²) in [5.74, 6) is 6.37. The van der Waals surface area contributed by atoms with Crippen LogP contribution in [0.2, 0.25) is 0 Å². The van der Waals surface area contributed by atoms with Gasteiger partial charge in [0.15, 0.2) is 11.6 Å². The minimum Gasteiger partial charge on any atom is -0.494 e. The maximum absolute atomic E-state index is 13.7. The van der Waals surface area contributed by atoms with Gasteiger partial charge in [-0.05, 0) is 55.7 Å². The molecule has 5 N–H and O–H groups in total. The maximum Gasteiger partial charge on any atom is 0.207 e. The fourth-order valence-electron chi connectivity index (χ4n) is 3.53. The van der Waals surface area contributed by atoms with E-state index in [1.165, 1.54) is 37.3 Å². The molecule has 10 heteroatoms. The third-order valence-corrected chi connectivity index (χ3v) is 6.08. The molecule has 0 bridgehead atoms. The lowest BCUT2D eigenvalue weighted by Gasteiger charge is -2.11. The van der Waals surface area contributed by atoms with E-state index in [9.17, 15) is 9.18 Å². The monoisotopic (exact) mass is 486 g/mol. The summed E-state index contributed by atoms with van der Waals surface area (Å²) in [5, 5.41) is 4.00. The van der Waals surface area contributed by atoms with Gasteiger partial charge in [0.05, 0.1) is 19.3 Å². The molecule has 4 rings (SSSR count). The Morgan fingerprint density at radius 1 is 1.35 bits per heavy atom. The van der Waals surface area contributed by atoms with Gasteiger partial charge in [-0.1, -0.05) is 6.07 Å². The number of rotatable bonds is 9. The van der Waals surface area contributed by atoms with Crippen molar-refractivity contribution in [3.8, 4) is 5.75 Å². The Balaban J connectivity index is 0.000000197. The maximum atomic E-state index is 13.7. The normalized spacial score (nSPS) is 13.3. The lowest BCUT2D eigenvalue weighted by atomic mass is 10.2. The topological polar surface area (TPSA) is 111 Å². The van der Waals surface area contributed by atoms with Gasteiger partial charge in [-0.25, -0.2) is 15.2 Å². The fraction of sp³-hybridized carbons (Fsp3) is 0.333. The van der Waals surface area contributed by atoms with Crippen molar-refractivity contribution < 1.29 is 13.9 Å². The lowest BCUT2D eigenvalue weighted by Crippen LogP contribution is -2.25. The number of ether oxygens (including phenoxy) is 1. The molecule has 1 fully saturated rings. The van der Waals surface area contributed by atoms with E-state index in [0.717, 1.165) is 22.2 Å². The van der Waals surface area contributed by atoms with Gasteiger partial charge in [0.2, 0.25) is 6.41 Å². The molecule has 0 radical (unpaired) electrons. The van der Waals surface area contributed by atoms with Crippen LogP contribution in [0.4, 0.5) is 4.39 Å². The number of carbonyl (C=O) groups excluding carboxylic acids is 1. The van der Waals surface area contributed by atoms with E-state index in [-0.39, 0.29) is 12.3 Å². The zero-order valence-electron chi connectivity index (χ0n) is 19.6. The third-order valence-electron chi connectivity index (χ3n) is 5.25. The molecular weight excluding hydrogens is 455 g/mol. The van der Waals surface area contributed by atoms with Crippen LogP contribution in [-0.4, -0.2) is 34.2 Å². The Bertz CT molecular complexity index is 1160. The van der Waals surface area contributed by atoms with Gasteiger partial charge in [0.1, 0.15) is 5.65 Å². The fourth-order valence-corrected chi connectivity index (χ4v) is 4.14. The molecule has 1 amide bonds. The van der Waals surface area contributed by atoms with Crippen LogP contribution >= 0.6 is 11.8 Å². The van der Waals surface area contributed by atoms with Gasteiger partial charge in [0, 0.05) is 41.3 Å². The zero-order chi connectivity index (χ0) is 24.7. The summed E-state index contributed by atoms with van der Waals surface area (Å²) in [4.78, 5) is 15.5. The van der Waals surface area contributed by atoms with Crippen LogP contribution in [0.15, 0.2) is 53.5 Å². The Hall–Kier alpha value is -3.24. The van der Waals surface area contributed by atoms with Gasteiger partial charge < -0.3 is 25.2 Å². The van der Waals surface area contributed by atoms with Crippen LogP contribution in [0.5, 0.6) is 5.75 Å². The Kier molecular flexibility index (Phi) is 8.78. The number of carbonyl (C=O) groups is 1. The molecule has 1 saturated carbocycles. The molecular formula is C24H31FN6O2S. The summed E-state index contributed by atoms with van der Waals surface area (Å²) in [7, 11) is 1.41. The molecule has 1 aliphatic carbocycles. The number of nitrogens with two attached hydrogens (primary N) is 2. The van der Waals surface area contributed by atoms with E-state index < -0.39 is 5.82 Å². The molecule has 1 aliphatic rings. The van der Waals surface area contributed by atoms with Crippen molar-refractivity contribution in [3.05, 3.63) is 71.2 Å². The number of fused-ring (bicyclic) bond motifs is 1. The summed E-state index contributed by atoms with van der Waals surface area (Å²) in [6.45, 7) is 2.53.